The van der Waals surface area contributed by atoms with Gasteiger partial charge >= 0.3 is 0 Å². The van der Waals surface area contributed by atoms with E-state index in [1.54, 1.807) is 12.2 Å². The van der Waals surface area contributed by atoms with Crippen molar-refractivity contribution in [3.05, 3.63) is 48.9 Å². The van der Waals surface area contributed by atoms with Crippen molar-refractivity contribution in [2.75, 3.05) is 0 Å². The molecule has 0 atom stereocenters. The summed E-state index contributed by atoms with van der Waals surface area (Å²) in [5.74, 6) is 0. The summed E-state index contributed by atoms with van der Waals surface area (Å²) >= 11 is 0. The summed E-state index contributed by atoms with van der Waals surface area (Å²) in [6.07, 6.45) is 3.54. The maximum atomic E-state index is 3.73. The van der Waals surface area contributed by atoms with Gasteiger partial charge in [0.25, 0.3) is 0 Å². The molecule has 0 fully saturated rings. The third kappa shape index (κ3) is 3.46. The molecule has 0 aromatic heterocycles. The van der Waals surface area contributed by atoms with Crippen LogP contribution in [0.5, 0.6) is 0 Å². The summed E-state index contributed by atoms with van der Waals surface area (Å²) in [7, 11) is 0. The molecular weight excluding hydrogens is 134 g/mol. The lowest BCUT2D eigenvalue weighted by molar-refractivity contribution is 0.995. The maximum absolute atomic E-state index is 3.73. The van der Waals surface area contributed by atoms with Crippen molar-refractivity contribution in [3.8, 4) is 0 Å². The summed E-state index contributed by atoms with van der Waals surface area (Å²) in [6, 6.07) is 0. The third-order valence-electron chi connectivity index (χ3n) is 1.28. The molecule has 0 amide bonds. The predicted octanol–water partition coefficient (Wildman–Crippen LogP) is 2.76. The molecule has 0 aromatic rings. The van der Waals surface area contributed by atoms with Gasteiger partial charge in [-0.3, -0.25) is 0 Å². The molecular formula is C10H15N. The minimum atomic E-state index is 0.904. The fourth-order valence-corrected chi connectivity index (χ4v) is 0.650. The second kappa shape index (κ2) is 4.56. The highest BCUT2D eigenvalue weighted by Gasteiger charge is 1.92. The molecule has 60 valence electrons. The van der Waals surface area contributed by atoms with Crippen LogP contribution >= 0.6 is 0 Å². The van der Waals surface area contributed by atoms with Crippen molar-refractivity contribution in [2.24, 2.45) is 0 Å². The Morgan fingerprint density at radius 1 is 1.18 bits per heavy atom. The second-order valence-electron chi connectivity index (χ2n) is 2.41. The van der Waals surface area contributed by atoms with Crippen LogP contribution in [0.4, 0.5) is 0 Å². The molecule has 0 spiro atoms. The molecule has 11 heavy (non-hydrogen) atoms. The highest BCUT2D eigenvalue weighted by molar-refractivity contribution is 5.30. The Bertz CT molecular complexity index is 209. The predicted molar refractivity (Wildman–Crippen MR) is 51.0 cm³/mol. The lowest BCUT2D eigenvalue weighted by Gasteiger charge is -2.07. The Morgan fingerprint density at radius 3 is 2.00 bits per heavy atom. The lowest BCUT2D eigenvalue weighted by atomic mass is 10.2. The van der Waals surface area contributed by atoms with Crippen LogP contribution in [0, 0.1) is 0 Å². The van der Waals surface area contributed by atoms with Crippen molar-refractivity contribution in [3.63, 3.8) is 0 Å². The molecule has 0 saturated heterocycles. The van der Waals surface area contributed by atoms with Crippen LogP contribution in [0.3, 0.4) is 0 Å². The van der Waals surface area contributed by atoms with Gasteiger partial charge in [0, 0.05) is 11.4 Å². The molecule has 0 aliphatic heterocycles. The van der Waals surface area contributed by atoms with Crippen LogP contribution in [-0.2, 0) is 0 Å². The molecule has 0 bridgehead atoms. The monoisotopic (exact) mass is 149 g/mol. The van der Waals surface area contributed by atoms with Crippen LogP contribution in [0.15, 0.2) is 48.9 Å². The van der Waals surface area contributed by atoms with Gasteiger partial charge < -0.3 is 5.32 Å². The Morgan fingerprint density at radius 2 is 1.73 bits per heavy atom. The van der Waals surface area contributed by atoms with Crippen molar-refractivity contribution in [1.82, 2.24) is 5.32 Å². The van der Waals surface area contributed by atoms with E-state index >= 15 is 0 Å². The van der Waals surface area contributed by atoms with E-state index in [-0.39, 0.29) is 0 Å². The SMILES string of the molecule is C=C/C(C)=C(\C=C)NC(=C)C. The van der Waals surface area contributed by atoms with Gasteiger partial charge in [0.05, 0.1) is 0 Å². The molecule has 1 heteroatoms. The number of nitrogens with one attached hydrogen (secondary N) is 1. The van der Waals surface area contributed by atoms with E-state index in [4.69, 9.17) is 0 Å². The third-order valence-corrected chi connectivity index (χ3v) is 1.28. The molecule has 0 unspecified atom stereocenters. The zero-order valence-electron chi connectivity index (χ0n) is 7.28. The Hall–Kier alpha value is -1.24. The Labute approximate surface area is 68.8 Å². The first-order valence-electron chi connectivity index (χ1n) is 3.50. The zero-order chi connectivity index (χ0) is 8.85. The zero-order valence-corrected chi connectivity index (χ0v) is 7.28. The summed E-state index contributed by atoms with van der Waals surface area (Å²) in [6.45, 7) is 14.9. The molecule has 0 radical (unpaired) electrons. The first kappa shape index (κ1) is 9.76. The summed E-state index contributed by atoms with van der Waals surface area (Å²) in [5.41, 5.74) is 2.94. The van der Waals surface area contributed by atoms with E-state index in [0.717, 1.165) is 17.0 Å². The van der Waals surface area contributed by atoms with Gasteiger partial charge in [-0.25, -0.2) is 0 Å². The molecule has 1 nitrogen and oxygen atoms in total. The molecule has 0 aromatic carbocycles. The lowest BCUT2D eigenvalue weighted by Crippen LogP contribution is -2.08. The van der Waals surface area contributed by atoms with E-state index in [9.17, 15) is 0 Å². The van der Waals surface area contributed by atoms with Gasteiger partial charge in [-0.2, -0.15) is 0 Å². The van der Waals surface area contributed by atoms with Crippen molar-refractivity contribution < 1.29 is 0 Å². The maximum Gasteiger partial charge on any atom is 0.0405 e. The van der Waals surface area contributed by atoms with Crippen molar-refractivity contribution in [2.45, 2.75) is 13.8 Å². The molecule has 0 heterocycles. The second-order valence-corrected chi connectivity index (χ2v) is 2.41. The fourth-order valence-electron chi connectivity index (χ4n) is 0.650. The van der Waals surface area contributed by atoms with E-state index in [1.807, 2.05) is 13.8 Å². The van der Waals surface area contributed by atoms with Gasteiger partial charge in [0.2, 0.25) is 0 Å². The molecule has 1 N–H and O–H groups in total. The van der Waals surface area contributed by atoms with Gasteiger partial charge in [-0.05, 0) is 25.5 Å². The number of hydrogen-bond donors (Lipinski definition) is 1. The summed E-state index contributed by atoms with van der Waals surface area (Å²) in [5, 5.41) is 3.08. The first-order valence-corrected chi connectivity index (χ1v) is 3.50. The van der Waals surface area contributed by atoms with E-state index < -0.39 is 0 Å². The summed E-state index contributed by atoms with van der Waals surface area (Å²) < 4.78 is 0. The van der Waals surface area contributed by atoms with Crippen molar-refractivity contribution >= 4 is 0 Å². The van der Waals surface area contributed by atoms with Crippen LogP contribution in [0.25, 0.3) is 0 Å². The molecule has 0 aliphatic carbocycles. The average Bonchev–Trinajstić information content (AvgIpc) is 1.98. The number of allylic oxidation sites excluding steroid dienone is 4. The van der Waals surface area contributed by atoms with E-state index in [0.29, 0.717) is 0 Å². The largest absolute Gasteiger partial charge is 0.360 e. The van der Waals surface area contributed by atoms with Gasteiger partial charge in [0.15, 0.2) is 0 Å². The van der Waals surface area contributed by atoms with Crippen molar-refractivity contribution in [1.29, 1.82) is 0 Å². The summed E-state index contributed by atoms with van der Waals surface area (Å²) in [4.78, 5) is 0. The first-order chi connectivity index (χ1) is 5.11. The topological polar surface area (TPSA) is 12.0 Å². The normalized spacial score (nSPS) is 11.5. The quantitative estimate of drug-likeness (QED) is 0.606. The van der Waals surface area contributed by atoms with Crippen LogP contribution in [0.1, 0.15) is 13.8 Å². The van der Waals surface area contributed by atoms with Crippen LogP contribution < -0.4 is 5.32 Å². The van der Waals surface area contributed by atoms with E-state index in [1.165, 1.54) is 0 Å². The smallest absolute Gasteiger partial charge is 0.0405 e. The Kier molecular flexibility index (Phi) is 4.04. The van der Waals surface area contributed by atoms with Gasteiger partial charge in [-0.15, -0.1) is 0 Å². The average molecular weight is 149 g/mol. The van der Waals surface area contributed by atoms with E-state index in [2.05, 4.69) is 25.1 Å². The van der Waals surface area contributed by atoms with Crippen LogP contribution in [-0.4, -0.2) is 0 Å². The molecule has 0 saturated carbocycles. The highest BCUT2D eigenvalue weighted by atomic mass is 14.9. The molecule has 0 aliphatic rings. The van der Waals surface area contributed by atoms with Gasteiger partial charge in [-0.1, -0.05) is 25.8 Å². The minimum absolute atomic E-state index is 0.904. The number of rotatable bonds is 4. The number of hydrogen-bond acceptors (Lipinski definition) is 1. The Balaban J connectivity index is 4.51. The standard InChI is InChI=1S/C10H15N/c1-6-9(5)10(7-2)11-8(3)4/h6-7,11H,1-3H2,4-5H3/b10-9+. The van der Waals surface area contributed by atoms with Crippen LogP contribution in [0.2, 0.25) is 0 Å². The minimum Gasteiger partial charge on any atom is -0.360 e. The fraction of sp³-hybridized carbons (Fsp3) is 0.200. The van der Waals surface area contributed by atoms with Gasteiger partial charge in [0.1, 0.15) is 0 Å². The highest BCUT2D eigenvalue weighted by Crippen LogP contribution is 2.03. The molecule has 0 rings (SSSR count).